The first kappa shape index (κ1) is 15.0. The minimum atomic E-state index is -0.0878. The van der Waals surface area contributed by atoms with Gasteiger partial charge in [-0.25, -0.2) is 0 Å². The number of amides is 2. The van der Waals surface area contributed by atoms with Gasteiger partial charge in [0.15, 0.2) is 0 Å². The molecule has 0 aromatic carbocycles. The highest BCUT2D eigenvalue weighted by atomic mass is 16.2. The smallest absolute Gasteiger partial charge is 0.242 e. The maximum atomic E-state index is 11.9. The van der Waals surface area contributed by atoms with E-state index >= 15 is 0 Å². The second-order valence-electron chi connectivity index (χ2n) is 5.94. The van der Waals surface area contributed by atoms with Crippen molar-refractivity contribution >= 4 is 11.8 Å². The number of carbonyl (C=O) groups excluding carboxylic acids is 2. The highest BCUT2D eigenvalue weighted by Crippen LogP contribution is 2.07. The summed E-state index contributed by atoms with van der Waals surface area (Å²) in [5, 5.41) is 3.13. The van der Waals surface area contributed by atoms with E-state index in [9.17, 15) is 9.59 Å². The van der Waals surface area contributed by atoms with Crippen LogP contribution in [-0.4, -0.2) is 60.4 Å². The summed E-state index contributed by atoms with van der Waals surface area (Å²) in [7, 11) is 1.68. The Morgan fingerprint density at radius 1 is 1.22 bits per heavy atom. The first-order chi connectivity index (χ1) is 8.29. The Balaban J connectivity index is 2.32. The van der Waals surface area contributed by atoms with Crippen molar-refractivity contribution in [2.45, 2.75) is 39.2 Å². The van der Waals surface area contributed by atoms with Crippen LogP contribution < -0.4 is 5.32 Å². The van der Waals surface area contributed by atoms with Crippen LogP contribution in [-0.2, 0) is 9.59 Å². The highest BCUT2D eigenvalue weighted by molar-refractivity contribution is 5.85. The molecule has 1 heterocycles. The Labute approximate surface area is 110 Å². The lowest BCUT2D eigenvalue weighted by Crippen LogP contribution is -2.46. The number of carbonyl (C=O) groups is 2. The van der Waals surface area contributed by atoms with Gasteiger partial charge >= 0.3 is 0 Å². The van der Waals surface area contributed by atoms with Gasteiger partial charge in [-0.1, -0.05) is 0 Å². The molecule has 0 aromatic rings. The zero-order chi connectivity index (χ0) is 13.8. The standard InChI is InChI=1S/C13H25N3O2/c1-13(2,3)14-9-11(17)15(4)10-12(18)16-7-5-6-8-16/h14H,5-10H2,1-4H3. The summed E-state index contributed by atoms with van der Waals surface area (Å²) in [6.07, 6.45) is 2.16. The lowest BCUT2D eigenvalue weighted by atomic mass is 10.1. The minimum Gasteiger partial charge on any atom is -0.341 e. The predicted octanol–water partition coefficient (Wildman–Crippen LogP) is 0.455. The minimum absolute atomic E-state index is 0.0440. The molecule has 0 spiro atoms. The molecule has 1 aliphatic heterocycles. The van der Waals surface area contributed by atoms with Crippen LogP contribution >= 0.6 is 0 Å². The fraction of sp³-hybridized carbons (Fsp3) is 0.846. The first-order valence-electron chi connectivity index (χ1n) is 6.56. The Hall–Kier alpha value is -1.10. The van der Waals surface area contributed by atoms with Crippen LogP contribution in [0.25, 0.3) is 0 Å². The van der Waals surface area contributed by atoms with Crippen molar-refractivity contribution in [1.29, 1.82) is 0 Å². The molecule has 0 radical (unpaired) electrons. The Morgan fingerprint density at radius 2 is 1.78 bits per heavy atom. The van der Waals surface area contributed by atoms with Crippen molar-refractivity contribution in [2.24, 2.45) is 0 Å². The zero-order valence-corrected chi connectivity index (χ0v) is 12.0. The number of rotatable bonds is 4. The molecule has 0 aromatic heterocycles. The molecule has 0 aliphatic carbocycles. The molecule has 1 fully saturated rings. The zero-order valence-electron chi connectivity index (χ0n) is 12.0. The number of likely N-dealkylation sites (N-methyl/N-ethyl adjacent to an activating group) is 1. The van der Waals surface area contributed by atoms with E-state index in [2.05, 4.69) is 5.32 Å². The molecule has 2 amide bonds. The van der Waals surface area contributed by atoms with E-state index in [0.29, 0.717) is 0 Å². The maximum Gasteiger partial charge on any atom is 0.242 e. The van der Waals surface area contributed by atoms with E-state index in [1.807, 2.05) is 25.7 Å². The van der Waals surface area contributed by atoms with E-state index in [1.54, 1.807) is 7.05 Å². The van der Waals surface area contributed by atoms with Crippen molar-refractivity contribution in [3.05, 3.63) is 0 Å². The largest absolute Gasteiger partial charge is 0.341 e. The highest BCUT2D eigenvalue weighted by Gasteiger charge is 2.21. The van der Waals surface area contributed by atoms with Crippen LogP contribution in [0.2, 0.25) is 0 Å². The van der Waals surface area contributed by atoms with Crippen molar-refractivity contribution < 1.29 is 9.59 Å². The topological polar surface area (TPSA) is 52.7 Å². The molecular weight excluding hydrogens is 230 g/mol. The average Bonchev–Trinajstić information content (AvgIpc) is 2.77. The van der Waals surface area contributed by atoms with Gasteiger partial charge in [-0.15, -0.1) is 0 Å². The summed E-state index contributed by atoms with van der Waals surface area (Å²) in [6, 6.07) is 0. The van der Waals surface area contributed by atoms with Gasteiger partial charge in [-0.05, 0) is 33.6 Å². The maximum absolute atomic E-state index is 11.9. The van der Waals surface area contributed by atoms with Crippen LogP contribution in [0.1, 0.15) is 33.6 Å². The van der Waals surface area contributed by atoms with Crippen molar-refractivity contribution in [3.8, 4) is 0 Å². The van der Waals surface area contributed by atoms with Crippen LogP contribution in [0.3, 0.4) is 0 Å². The van der Waals surface area contributed by atoms with Crippen LogP contribution in [0.15, 0.2) is 0 Å². The third kappa shape index (κ3) is 5.04. The lowest BCUT2D eigenvalue weighted by Gasteiger charge is -2.24. The molecule has 104 valence electrons. The SMILES string of the molecule is CN(CC(=O)N1CCCC1)C(=O)CNC(C)(C)C. The normalized spacial score (nSPS) is 15.9. The van der Waals surface area contributed by atoms with Gasteiger partial charge in [-0.2, -0.15) is 0 Å². The van der Waals surface area contributed by atoms with E-state index < -0.39 is 0 Å². The summed E-state index contributed by atoms with van der Waals surface area (Å²) in [5.74, 6) is 0.0107. The average molecular weight is 255 g/mol. The van der Waals surface area contributed by atoms with Crippen molar-refractivity contribution in [2.75, 3.05) is 33.2 Å². The van der Waals surface area contributed by atoms with Crippen LogP contribution in [0, 0.1) is 0 Å². The van der Waals surface area contributed by atoms with Gasteiger partial charge in [0.1, 0.15) is 0 Å². The number of hydrogen-bond acceptors (Lipinski definition) is 3. The van der Waals surface area contributed by atoms with Crippen LogP contribution in [0.4, 0.5) is 0 Å². The Morgan fingerprint density at radius 3 is 2.28 bits per heavy atom. The fourth-order valence-corrected chi connectivity index (χ4v) is 1.83. The first-order valence-corrected chi connectivity index (χ1v) is 6.56. The molecular formula is C13H25N3O2. The molecule has 0 saturated carbocycles. The van der Waals surface area contributed by atoms with Crippen molar-refractivity contribution in [3.63, 3.8) is 0 Å². The molecule has 1 saturated heterocycles. The molecule has 1 aliphatic rings. The summed E-state index contributed by atoms with van der Waals surface area (Å²) in [4.78, 5) is 27.0. The van der Waals surface area contributed by atoms with Crippen LogP contribution in [0.5, 0.6) is 0 Å². The van der Waals surface area contributed by atoms with E-state index in [1.165, 1.54) is 4.90 Å². The van der Waals surface area contributed by atoms with Gasteiger partial charge in [-0.3, -0.25) is 9.59 Å². The quantitative estimate of drug-likeness (QED) is 0.794. The van der Waals surface area contributed by atoms with E-state index in [-0.39, 0.29) is 30.4 Å². The monoisotopic (exact) mass is 255 g/mol. The molecule has 1 N–H and O–H groups in total. The second-order valence-corrected chi connectivity index (χ2v) is 5.94. The number of nitrogens with one attached hydrogen (secondary N) is 1. The predicted molar refractivity (Wildman–Crippen MR) is 71.2 cm³/mol. The van der Waals surface area contributed by atoms with Gasteiger partial charge in [0.25, 0.3) is 0 Å². The third-order valence-corrected chi connectivity index (χ3v) is 3.03. The van der Waals surface area contributed by atoms with Gasteiger partial charge < -0.3 is 15.1 Å². The van der Waals surface area contributed by atoms with E-state index in [4.69, 9.17) is 0 Å². The van der Waals surface area contributed by atoms with E-state index in [0.717, 1.165) is 25.9 Å². The van der Waals surface area contributed by atoms with Crippen molar-refractivity contribution in [1.82, 2.24) is 15.1 Å². The molecule has 5 nitrogen and oxygen atoms in total. The molecule has 1 rings (SSSR count). The lowest BCUT2D eigenvalue weighted by molar-refractivity contribution is -0.138. The molecule has 5 heteroatoms. The summed E-state index contributed by atoms with van der Waals surface area (Å²) < 4.78 is 0. The molecule has 0 bridgehead atoms. The summed E-state index contributed by atoms with van der Waals surface area (Å²) in [5.41, 5.74) is -0.0878. The Kier molecular flexibility index (Phi) is 5.14. The summed E-state index contributed by atoms with van der Waals surface area (Å²) in [6.45, 7) is 8.15. The molecule has 18 heavy (non-hydrogen) atoms. The molecule has 0 atom stereocenters. The second kappa shape index (κ2) is 6.18. The Bertz CT molecular complexity index is 304. The fourth-order valence-electron chi connectivity index (χ4n) is 1.83. The third-order valence-electron chi connectivity index (χ3n) is 3.03. The van der Waals surface area contributed by atoms with Gasteiger partial charge in [0.2, 0.25) is 11.8 Å². The van der Waals surface area contributed by atoms with Gasteiger partial charge in [0.05, 0.1) is 13.1 Å². The summed E-state index contributed by atoms with van der Waals surface area (Å²) >= 11 is 0. The molecule has 0 unspecified atom stereocenters. The van der Waals surface area contributed by atoms with Gasteiger partial charge in [0, 0.05) is 25.7 Å². The number of likely N-dealkylation sites (tertiary alicyclic amines) is 1. The number of hydrogen-bond donors (Lipinski definition) is 1. The number of nitrogens with zero attached hydrogens (tertiary/aromatic N) is 2.